The highest BCUT2D eigenvalue weighted by Crippen LogP contribution is 2.30. The number of carbonyl (C=O) groups is 2. The molecule has 1 fully saturated rings. The van der Waals surface area contributed by atoms with Crippen LogP contribution < -0.4 is 10.6 Å². The molecule has 0 saturated carbocycles. The molecule has 2 aliphatic rings. The Labute approximate surface area is 163 Å². The van der Waals surface area contributed by atoms with Crippen molar-refractivity contribution >= 4 is 17.6 Å². The number of fused-ring (bicyclic) bond motifs is 1. The number of rotatable bonds is 3. The summed E-state index contributed by atoms with van der Waals surface area (Å²) in [4.78, 5) is 27.2. The molecule has 4 rings (SSSR count). The number of hydrogen-bond acceptors (Lipinski definition) is 2. The molecule has 0 radical (unpaired) electrons. The Balaban J connectivity index is 1.42. The molecule has 2 aromatic carbocycles. The van der Waals surface area contributed by atoms with Crippen LogP contribution in [0.3, 0.4) is 0 Å². The van der Waals surface area contributed by atoms with Crippen LogP contribution in [0.1, 0.15) is 42.9 Å². The summed E-state index contributed by atoms with van der Waals surface area (Å²) in [5.41, 5.74) is 2.98. The third-order valence-electron chi connectivity index (χ3n) is 5.60. The molecule has 5 nitrogen and oxygen atoms in total. The van der Waals surface area contributed by atoms with Crippen LogP contribution in [0.2, 0.25) is 0 Å². The zero-order chi connectivity index (χ0) is 19.5. The number of nitrogens with one attached hydrogen (secondary N) is 2. The fourth-order valence-electron chi connectivity index (χ4n) is 4.18. The Bertz CT molecular complexity index is 868. The van der Waals surface area contributed by atoms with E-state index in [0.717, 1.165) is 25.7 Å². The quantitative estimate of drug-likeness (QED) is 0.844. The Hall–Kier alpha value is -2.89. The van der Waals surface area contributed by atoms with Gasteiger partial charge in [-0.15, -0.1) is 0 Å². The monoisotopic (exact) mass is 381 g/mol. The highest BCUT2D eigenvalue weighted by Gasteiger charge is 2.35. The zero-order valence-electron chi connectivity index (χ0n) is 15.7. The molecule has 1 aliphatic heterocycles. The summed E-state index contributed by atoms with van der Waals surface area (Å²) >= 11 is 0. The van der Waals surface area contributed by atoms with Crippen molar-refractivity contribution in [1.82, 2.24) is 10.2 Å². The number of hydrogen-bond donors (Lipinski definition) is 2. The second-order valence-electron chi connectivity index (χ2n) is 7.44. The van der Waals surface area contributed by atoms with Gasteiger partial charge in [-0.3, -0.25) is 4.79 Å². The minimum absolute atomic E-state index is 0.0000553. The molecule has 1 aliphatic carbocycles. The number of anilines is 1. The molecular formula is C22H24FN3O2. The molecule has 0 aromatic heterocycles. The number of aryl methyl sites for hydroxylation is 1. The second-order valence-corrected chi connectivity index (χ2v) is 7.44. The second kappa shape index (κ2) is 8.00. The Morgan fingerprint density at radius 3 is 2.61 bits per heavy atom. The lowest BCUT2D eigenvalue weighted by Crippen LogP contribution is -2.48. The van der Waals surface area contributed by atoms with Gasteiger partial charge < -0.3 is 15.5 Å². The summed E-state index contributed by atoms with van der Waals surface area (Å²) in [7, 11) is 0. The molecule has 3 amide bonds. The molecule has 6 heteroatoms. The van der Waals surface area contributed by atoms with Gasteiger partial charge in [-0.25, -0.2) is 9.18 Å². The van der Waals surface area contributed by atoms with Gasteiger partial charge in [-0.05, 0) is 67.5 Å². The summed E-state index contributed by atoms with van der Waals surface area (Å²) in [6, 6.07) is 13.0. The third kappa shape index (κ3) is 3.86. The van der Waals surface area contributed by atoms with Crippen molar-refractivity contribution in [3.63, 3.8) is 0 Å². The molecule has 28 heavy (non-hydrogen) atoms. The minimum atomic E-state index is -0.477. The maximum Gasteiger partial charge on any atom is 0.322 e. The van der Waals surface area contributed by atoms with Crippen molar-refractivity contribution in [3.8, 4) is 0 Å². The normalized spacial score (nSPS) is 21.1. The average molecular weight is 381 g/mol. The third-order valence-corrected chi connectivity index (χ3v) is 5.60. The number of urea groups is 1. The number of nitrogens with zero attached hydrogens (tertiary/aromatic N) is 1. The molecule has 0 spiro atoms. The minimum Gasteiger partial charge on any atom is -0.347 e. The number of carbonyl (C=O) groups excluding carboxylic acids is 2. The van der Waals surface area contributed by atoms with Gasteiger partial charge in [0, 0.05) is 12.2 Å². The van der Waals surface area contributed by atoms with Crippen LogP contribution in [-0.2, 0) is 11.2 Å². The molecule has 0 bridgehead atoms. The zero-order valence-corrected chi connectivity index (χ0v) is 15.7. The summed E-state index contributed by atoms with van der Waals surface area (Å²) in [5, 5.41) is 5.92. The lowest BCUT2D eigenvalue weighted by atomic mass is 9.87. The van der Waals surface area contributed by atoms with Gasteiger partial charge in [0.25, 0.3) is 0 Å². The van der Waals surface area contributed by atoms with Crippen LogP contribution in [0.25, 0.3) is 0 Å². The number of halogens is 1. The van der Waals surface area contributed by atoms with Gasteiger partial charge in [0.05, 0.1) is 6.04 Å². The van der Waals surface area contributed by atoms with E-state index in [2.05, 4.69) is 22.8 Å². The Morgan fingerprint density at radius 1 is 1.00 bits per heavy atom. The predicted molar refractivity (Wildman–Crippen MR) is 105 cm³/mol. The smallest absolute Gasteiger partial charge is 0.322 e. The van der Waals surface area contributed by atoms with Crippen molar-refractivity contribution in [2.45, 2.75) is 44.2 Å². The molecule has 1 heterocycles. The maximum absolute atomic E-state index is 13.0. The highest BCUT2D eigenvalue weighted by molar-refractivity contribution is 5.94. The van der Waals surface area contributed by atoms with Gasteiger partial charge in [0.15, 0.2) is 0 Å². The summed E-state index contributed by atoms with van der Waals surface area (Å²) < 4.78 is 13.0. The standard InChI is InChI=1S/C22H24FN3O2/c23-16-10-12-17(13-11-16)24-22(28)26-14-4-9-20(26)21(27)25-19-8-3-6-15-5-1-2-7-18(15)19/h1-2,5,7,10-13,19-20H,3-4,6,8-9,14H2,(H,24,28)(H,25,27)/t19-,20+/m0/s1. The van der Waals surface area contributed by atoms with Crippen LogP contribution in [0.4, 0.5) is 14.9 Å². The fourth-order valence-corrected chi connectivity index (χ4v) is 4.18. The van der Waals surface area contributed by atoms with E-state index in [1.165, 1.54) is 35.4 Å². The van der Waals surface area contributed by atoms with Crippen molar-refractivity contribution < 1.29 is 14.0 Å². The summed E-state index contributed by atoms with van der Waals surface area (Å²) in [6.07, 6.45) is 4.43. The molecular weight excluding hydrogens is 357 g/mol. The molecule has 2 atom stereocenters. The number of likely N-dealkylation sites (tertiary alicyclic amines) is 1. The van der Waals surface area contributed by atoms with E-state index < -0.39 is 6.04 Å². The molecule has 2 aromatic rings. The van der Waals surface area contributed by atoms with E-state index in [0.29, 0.717) is 18.7 Å². The first kappa shape index (κ1) is 18.5. The SMILES string of the molecule is O=C(N[C@H]1CCCc2ccccc21)[C@H]1CCCN1C(=O)Nc1ccc(F)cc1. The Kier molecular flexibility index (Phi) is 5.28. The van der Waals surface area contributed by atoms with E-state index in [1.807, 2.05) is 12.1 Å². The van der Waals surface area contributed by atoms with Crippen molar-refractivity contribution in [2.75, 3.05) is 11.9 Å². The predicted octanol–water partition coefficient (Wildman–Crippen LogP) is 4.02. The van der Waals surface area contributed by atoms with Gasteiger partial charge >= 0.3 is 6.03 Å². The van der Waals surface area contributed by atoms with Gasteiger partial charge in [-0.2, -0.15) is 0 Å². The lowest BCUT2D eigenvalue weighted by Gasteiger charge is -2.30. The number of benzene rings is 2. The van der Waals surface area contributed by atoms with Crippen LogP contribution in [0.5, 0.6) is 0 Å². The molecule has 1 saturated heterocycles. The van der Waals surface area contributed by atoms with Gasteiger partial charge in [0.2, 0.25) is 5.91 Å². The first-order valence-corrected chi connectivity index (χ1v) is 9.83. The van der Waals surface area contributed by atoms with E-state index in [-0.39, 0.29) is 23.8 Å². The van der Waals surface area contributed by atoms with Crippen molar-refractivity contribution in [1.29, 1.82) is 0 Å². The summed E-state index contributed by atoms with van der Waals surface area (Å²) in [5.74, 6) is -0.461. The van der Waals surface area contributed by atoms with Crippen LogP contribution in [0, 0.1) is 5.82 Å². The maximum atomic E-state index is 13.0. The highest BCUT2D eigenvalue weighted by atomic mass is 19.1. The van der Waals surface area contributed by atoms with E-state index in [4.69, 9.17) is 0 Å². The van der Waals surface area contributed by atoms with Crippen LogP contribution in [-0.4, -0.2) is 29.4 Å². The fraction of sp³-hybridized carbons (Fsp3) is 0.364. The lowest BCUT2D eigenvalue weighted by molar-refractivity contribution is -0.125. The van der Waals surface area contributed by atoms with Crippen LogP contribution in [0.15, 0.2) is 48.5 Å². The molecule has 0 unspecified atom stereocenters. The first-order valence-electron chi connectivity index (χ1n) is 9.83. The first-order chi connectivity index (χ1) is 13.6. The van der Waals surface area contributed by atoms with Gasteiger partial charge in [-0.1, -0.05) is 24.3 Å². The summed E-state index contributed by atoms with van der Waals surface area (Å²) in [6.45, 7) is 0.534. The van der Waals surface area contributed by atoms with E-state index in [1.54, 1.807) is 4.90 Å². The van der Waals surface area contributed by atoms with Crippen LogP contribution >= 0.6 is 0 Å². The average Bonchev–Trinajstić information content (AvgIpc) is 3.20. The Morgan fingerprint density at radius 2 is 1.79 bits per heavy atom. The van der Waals surface area contributed by atoms with Gasteiger partial charge in [0.1, 0.15) is 11.9 Å². The molecule has 146 valence electrons. The van der Waals surface area contributed by atoms with Crippen molar-refractivity contribution in [3.05, 3.63) is 65.5 Å². The largest absolute Gasteiger partial charge is 0.347 e. The topological polar surface area (TPSA) is 61.4 Å². The van der Waals surface area contributed by atoms with Crippen molar-refractivity contribution in [2.24, 2.45) is 0 Å². The molecule has 2 N–H and O–H groups in total. The number of amides is 3. The van der Waals surface area contributed by atoms with E-state index >= 15 is 0 Å². The van der Waals surface area contributed by atoms with E-state index in [9.17, 15) is 14.0 Å².